The van der Waals surface area contributed by atoms with Gasteiger partial charge in [0.15, 0.2) is 5.82 Å². The summed E-state index contributed by atoms with van der Waals surface area (Å²) in [5.74, 6) is 1.64. The molecule has 1 fully saturated rings. The summed E-state index contributed by atoms with van der Waals surface area (Å²) < 4.78 is 0. The van der Waals surface area contributed by atoms with Crippen LogP contribution in [0.5, 0.6) is 0 Å². The van der Waals surface area contributed by atoms with Gasteiger partial charge in [0.25, 0.3) is 0 Å². The first-order valence-corrected chi connectivity index (χ1v) is 6.34. The fraction of sp³-hybridized carbons (Fsp3) is 0.385. The van der Waals surface area contributed by atoms with Crippen LogP contribution in [-0.2, 0) is 0 Å². The van der Waals surface area contributed by atoms with Crippen LogP contribution in [0.25, 0.3) is 11.4 Å². The van der Waals surface area contributed by atoms with Crippen LogP contribution in [0.2, 0.25) is 0 Å². The van der Waals surface area contributed by atoms with E-state index in [-0.39, 0.29) is 0 Å². The highest BCUT2D eigenvalue weighted by Gasteiger charge is 2.18. The topological polar surface area (TPSA) is 79.6 Å². The molecule has 0 amide bonds. The van der Waals surface area contributed by atoms with Crippen LogP contribution in [0.15, 0.2) is 24.3 Å². The Morgan fingerprint density at radius 1 is 1.28 bits per heavy atom. The Hall–Kier alpha value is -1.88. The number of nitrogen functional groups attached to an aromatic ring is 1. The van der Waals surface area contributed by atoms with Crippen LogP contribution in [-0.4, -0.2) is 21.7 Å². The third-order valence-corrected chi connectivity index (χ3v) is 3.29. The number of rotatable bonds is 2. The maximum Gasteiger partial charge on any atom is 0.181 e. The molecular formula is C13H17N5. The van der Waals surface area contributed by atoms with E-state index in [0.717, 1.165) is 30.0 Å². The van der Waals surface area contributed by atoms with Crippen molar-refractivity contribution in [2.75, 3.05) is 12.3 Å². The van der Waals surface area contributed by atoms with Crippen molar-refractivity contribution in [1.82, 2.24) is 20.5 Å². The first-order chi connectivity index (χ1) is 8.83. The number of benzene rings is 1. The lowest BCUT2D eigenvalue weighted by molar-refractivity contribution is 0.398. The largest absolute Gasteiger partial charge is 0.399 e. The number of nitrogens with one attached hydrogen (secondary N) is 2. The number of H-pyrrole nitrogens is 1. The van der Waals surface area contributed by atoms with Crippen molar-refractivity contribution in [3.8, 4) is 11.4 Å². The molecule has 1 aliphatic heterocycles. The van der Waals surface area contributed by atoms with Crippen LogP contribution in [0, 0.1) is 0 Å². The minimum Gasteiger partial charge on any atom is -0.399 e. The SMILES string of the molecule is Nc1cccc(-c2n[nH]c(C3CCCCN3)n2)c1. The zero-order chi connectivity index (χ0) is 12.4. The molecule has 1 unspecified atom stereocenters. The van der Waals surface area contributed by atoms with Gasteiger partial charge in [-0.3, -0.25) is 5.10 Å². The summed E-state index contributed by atoms with van der Waals surface area (Å²) in [4.78, 5) is 4.56. The molecular weight excluding hydrogens is 226 g/mol. The maximum atomic E-state index is 5.77. The van der Waals surface area contributed by atoms with Crippen molar-refractivity contribution in [2.45, 2.75) is 25.3 Å². The van der Waals surface area contributed by atoms with Gasteiger partial charge in [-0.05, 0) is 31.5 Å². The molecule has 5 nitrogen and oxygen atoms in total. The van der Waals surface area contributed by atoms with Crippen LogP contribution in [0.3, 0.4) is 0 Å². The van der Waals surface area contributed by atoms with Gasteiger partial charge in [-0.2, -0.15) is 5.10 Å². The number of aromatic nitrogens is 3. The molecule has 3 rings (SSSR count). The summed E-state index contributed by atoms with van der Waals surface area (Å²) in [7, 11) is 0. The standard InChI is InChI=1S/C13H17N5/c14-10-5-3-4-9(8-10)12-16-13(18-17-12)11-6-1-2-7-15-11/h3-5,8,11,15H,1-2,6-7,14H2,(H,16,17,18). The minimum absolute atomic E-state index is 0.307. The average molecular weight is 243 g/mol. The molecule has 0 spiro atoms. The predicted molar refractivity (Wildman–Crippen MR) is 70.8 cm³/mol. The molecule has 0 radical (unpaired) electrons. The van der Waals surface area contributed by atoms with Gasteiger partial charge in [0.05, 0.1) is 6.04 Å². The van der Waals surface area contributed by atoms with E-state index in [1.54, 1.807) is 0 Å². The van der Waals surface area contributed by atoms with Crippen molar-refractivity contribution in [2.24, 2.45) is 0 Å². The Morgan fingerprint density at radius 3 is 3.00 bits per heavy atom. The molecule has 18 heavy (non-hydrogen) atoms. The number of hydrogen-bond acceptors (Lipinski definition) is 4. The third kappa shape index (κ3) is 2.22. The van der Waals surface area contributed by atoms with Gasteiger partial charge < -0.3 is 11.1 Å². The van der Waals surface area contributed by atoms with E-state index in [4.69, 9.17) is 5.73 Å². The Kier molecular flexibility index (Phi) is 2.98. The Balaban J connectivity index is 1.84. The first-order valence-electron chi connectivity index (χ1n) is 6.34. The molecule has 2 aromatic rings. The molecule has 1 saturated heterocycles. The zero-order valence-electron chi connectivity index (χ0n) is 10.2. The summed E-state index contributed by atoms with van der Waals surface area (Å²) in [6.45, 7) is 1.05. The molecule has 1 aliphatic rings. The number of anilines is 1. The summed E-state index contributed by atoms with van der Waals surface area (Å²) in [6, 6.07) is 7.94. The van der Waals surface area contributed by atoms with Crippen molar-refractivity contribution in [3.05, 3.63) is 30.1 Å². The predicted octanol–water partition coefficient (Wildman–Crippen LogP) is 1.87. The van der Waals surface area contributed by atoms with Gasteiger partial charge in [-0.25, -0.2) is 4.98 Å². The molecule has 2 heterocycles. The van der Waals surface area contributed by atoms with Crippen molar-refractivity contribution >= 4 is 5.69 Å². The fourth-order valence-corrected chi connectivity index (χ4v) is 2.32. The van der Waals surface area contributed by atoms with Crippen LogP contribution in [0.1, 0.15) is 31.1 Å². The summed E-state index contributed by atoms with van der Waals surface area (Å²) >= 11 is 0. The molecule has 0 saturated carbocycles. The Bertz CT molecular complexity index is 528. The van der Waals surface area contributed by atoms with Crippen LogP contribution in [0.4, 0.5) is 5.69 Å². The molecule has 4 N–H and O–H groups in total. The normalized spacial score (nSPS) is 19.9. The monoisotopic (exact) mass is 243 g/mol. The highest BCUT2D eigenvalue weighted by atomic mass is 15.2. The second-order valence-electron chi connectivity index (χ2n) is 4.67. The maximum absolute atomic E-state index is 5.77. The third-order valence-electron chi connectivity index (χ3n) is 3.29. The molecule has 1 aromatic heterocycles. The van der Waals surface area contributed by atoms with Gasteiger partial charge in [0, 0.05) is 11.3 Å². The number of nitrogens with zero attached hydrogens (tertiary/aromatic N) is 2. The van der Waals surface area contributed by atoms with E-state index >= 15 is 0 Å². The van der Waals surface area contributed by atoms with Crippen molar-refractivity contribution in [1.29, 1.82) is 0 Å². The summed E-state index contributed by atoms with van der Waals surface area (Å²) in [6.07, 6.45) is 3.60. The van der Waals surface area contributed by atoms with E-state index in [2.05, 4.69) is 20.5 Å². The minimum atomic E-state index is 0.307. The highest BCUT2D eigenvalue weighted by molar-refractivity contribution is 5.60. The molecule has 1 atom stereocenters. The van der Waals surface area contributed by atoms with E-state index in [1.807, 2.05) is 24.3 Å². The molecule has 0 aliphatic carbocycles. The molecule has 1 aromatic carbocycles. The van der Waals surface area contributed by atoms with Crippen molar-refractivity contribution < 1.29 is 0 Å². The molecule has 94 valence electrons. The zero-order valence-corrected chi connectivity index (χ0v) is 10.2. The van der Waals surface area contributed by atoms with Crippen LogP contribution >= 0.6 is 0 Å². The van der Waals surface area contributed by atoms with Gasteiger partial charge in [0.1, 0.15) is 5.82 Å². The van der Waals surface area contributed by atoms with E-state index in [0.29, 0.717) is 11.9 Å². The molecule has 5 heteroatoms. The quantitative estimate of drug-likeness (QED) is 0.703. The second-order valence-corrected chi connectivity index (χ2v) is 4.67. The summed E-state index contributed by atoms with van der Waals surface area (Å²) in [5.41, 5.74) is 7.45. The lowest BCUT2D eigenvalue weighted by Crippen LogP contribution is -2.27. The van der Waals surface area contributed by atoms with Gasteiger partial charge >= 0.3 is 0 Å². The smallest absolute Gasteiger partial charge is 0.181 e. The van der Waals surface area contributed by atoms with Gasteiger partial charge in [0.2, 0.25) is 0 Å². The van der Waals surface area contributed by atoms with Crippen molar-refractivity contribution in [3.63, 3.8) is 0 Å². The fourth-order valence-electron chi connectivity index (χ4n) is 2.32. The van der Waals surface area contributed by atoms with E-state index in [1.165, 1.54) is 12.8 Å². The number of aromatic amines is 1. The molecule has 0 bridgehead atoms. The summed E-state index contributed by atoms with van der Waals surface area (Å²) in [5, 5.41) is 10.8. The average Bonchev–Trinajstić information content (AvgIpc) is 2.89. The number of nitrogens with two attached hydrogens (primary N) is 1. The van der Waals surface area contributed by atoms with Gasteiger partial charge in [-0.15, -0.1) is 0 Å². The lowest BCUT2D eigenvalue weighted by atomic mass is 10.0. The van der Waals surface area contributed by atoms with E-state index < -0.39 is 0 Å². The van der Waals surface area contributed by atoms with E-state index in [9.17, 15) is 0 Å². The second kappa shape index (κ2) is 4.78. The Morgan fingerprint density at radius 2 is 2.22 bits per heavy atom. The van der Waals surface area contributed by atoms with Crippen LogP contribution < -0.4 is 11.1 Å². The lowest BCUT2D eigenvalue weighted by Gasteiger charge is -2.20. The highest BCUT2D eigenvalue weighted by Crippen LogP contribution is 2.23. The van der Waals surface area contributed by atoms with Gasteiger partial charge in [-0.1, -0.05) is 18.6 Å². The Labute approximate surface area is 106 Å². The first kappa shape index (κ1) is 11.2. The number of hydrogen-bond donors (Lipinski definition) is 3. The number of piperidine rings is 1.